The van der Waals surface area contributed by atoms with Gasteiger partial charge in [0.15, 0.2) is 23.0 Å². The van der Waals surface area contributed by atoms with Crippen LogP contribution >= 0.6 is 0 Å². The summed E-state index contributed by atoms with van der Waals surface area (Å²) in [5.41, 5.74) is 3.74. The third-order valence-electron chi connectivity index (χ3n) is 4.85. The second-order valence-electron chi connectivity index (χ2n) is 6.63. The monoisotopic (exact) mass is 372 g/mol. The van der Waals surface area contributed by atoms with E-state index in [0.29, 0.717) is 13.2 Å². The number of methoxy groups -OCH3 is 2. The Balaban J connectivity index is 1.78. The lowest BCUT2D eigenvalue weighted by Gasteiger charge is -2.21. The van der Waals surface area contributed by atoms with Crippen LogP contribution < -0.4 is 18.9 Å². The lowest BCUT2D eigenvalue weighted by molar-refractivity contribution is 0.171. The van der Waals surface area contributed by atoms with E-state index in [1.165, 1.54) is 16.7 Å². The third kappa shape index (κ3) is 4.86. The highest BCUT2D eigenvalue weighted by atomic mass is 16.6. The van der Waals surface area contributed by atoms with Gasteiger partial charge in [-0.2, -0.15) is 0 Å². The molecular weight excluding hydrogens is 344 g/mol. The molecule has 1 heterocycles. The second-order valence-corrected chi connectivity index (χ2v) is 6.63. The van der Waals surface area contributed by atoms with E-state index in [2.05, 4.69) is 18.2 Å². The van der Waals surface area contributed by atoms with Gasteiger partial charge in [-0.3, -0.25) is 0 Å². The molecule has 27 heavy (non-hydrogen) atoms. The lowest BCUT2D eigenvalue weighted by Crippen LogP contribution is -2.16. The molecule has 0 unspecified atom stereocenters. The standard InChI is InChI=1S/C22H28O5/c1-24-19-9-7-16(13-20(19)25-2)6-8-18-15-22-21(26-11-12-27-22)14-17(18)5-3-4-10-23/h7,9,13-15,23H,3-6,8,10-12H2,1-2H3. The van der Waals surface area contributed by atoms with Crippen molar-refractivity contribution in [2.45, 2.75) is 32.1 Å². The first-order valence-corrected chi connectivity index (χ1v) is 9.48. The van der Waals surface area contributed by atoms with Gasteiger partial charge < -0.3 is 24.1 Å². The molecular formula is C22H28O5. The smallest absolute Gasteiger partial charge is 0.161 e. The number of aliphatic hydroxyl groups is 1. The molecule has 1 aliphatic heterocycles. The molecule has 0 atom stereocenters. The van der Waals surface area contributed by atoms with Gasteiger partial charge in [-0.1, -0.05) is 6.07 Å². The van der Waals surface area contributed by atoms with Gasteiger partial charge in [0.05, 0.1) is 14.2 Å². The van der Waals surface area contributed by atoms with E-state index in [-0.39, 0.29) is 6.61 Å². The molecule has 0 spiro atoms. The fraction of sp³-hybridized carbons (Fsp3) is 0.455. The number of benzene rings is 2. The van der Waals surface area contributed by atoms with Crippen LogP contribution in [0.2, 0.25) is 0 Å². The second kappa shape index (κ2) is 9.51. The van der Waals surface area contributed by atoms with Gasteiger partial charge >= 0.3 is 0 Å². The average Bonchev–Trinajstić information content (AvgIpc) is 2.72. The Morgan fingerprint density at radius 1 is 0.815 bits per heavy atom. The normalized spacial score (nSPS) is 12.7. The number of hydrogen-bond acceptors (Lipinski definition) is 5. The average molecular weight is 372 g/mol. The molecule has 0 fully saturated rings. The Labute approximate surface area is 160 Å². The summed E-state index contributed by atoms with van der Waals surface area (Å²) in [6, 6.07) is 10.3. The largest absolute Gasteiger partial charge is 0.493 e. The summed E-state index contributed by atoms with van der Waals surface area (Å²) in [4.78, 5) is 0. The van der Waals surface area contributed by atoms with Crippen LogP contribution in [0.25, 0.3) is 0 Å². The fourth-order valence-corrected chi connectivity index (χ4v) is 3.38. The van der Waals surface area contributed by atoms with Crippen LogP contribution in [0.15, 0.2) is 30.3 Å². The highest BCUT2D eigenvalue weighted by Gasteiger charge is 2.16. The molecule has 0 saturated carbocycles. The molecule has 3 rings (SSSR count). The van der Waals surface area contributed by atoms with Crippen LogP contribution in [0.5, 0.6) is 23.0 Å². The number of aliphatic hydroxyl groups excluding tert-OH is 1. The van der Waals surface area contributed by atoms with Crippen molar-refractivity contribution >= 4 is 0 Å². The van der Waals surface area contributed by atoms with E-state index in [1.54, 1.807) is 14.2 Å². The molecule has 1 N–H and O–H groups in total. The Morgan fingerprint density at radius 2 is 1.48 bits per heavy atom. The maximum Gasteiger partial charge on any atom is 0.161 e. The molecule has 146 valence electrons. The number of rotatable bonds is 9. The number of unbranched alkanes of at least 4 members (excludes halogenated alkanes) is 1. The quantitative estimate of drug-likeness (QED) is 0.682. The maximum atomic E-state index is 9.08. The molecule has 0 aromatic heterocycles. The summed E-state index contributed by atoms with van der Waals surface area (Å²) < 4.78 is 22.2. The van der Waals surface area contributed by atoms with Crippen molar-refractivity contribution in [1.82, 2.24) is 0 Å². The van der Waals surface area contributed by atoms with Crippen molar-refractivity contribution in [2.75, 3.05) is 34.0 Å². The highest BCUT2D eigenvalue weighted by Crippen LogP contribution is 2.35. The van der Waals surface area contributed by atoms with E-state index in [1.807, 2.05) is 12.1 Å². The summed E-state index contributed by atoms with van der Waals surface area (Å²) >= 11 is 0. The molecule has 5 heteroatoms. The molecule has 0 bridgehead atoms. The van der Waals surface area contributed by atoms with Gasteiger partial charge in [0.1, 0.15) is 13.2 Å². The first-order valence-electron chi connectivity index (χ1n) is 9.48. The molecule has 0 aliphatic carbocycles. The van der Waals surface area contributed by atoms with Crippen molar-refractivity contribution in [3.05, 3.63) is 47.0 Å². The van der Waals surface area contributed by atoms with E-state index >= 15 is 0 Å². The predicted octanol–water partition coefficient (Wildman–Crippen LogP) is 3.58. The summed E-state index contributed by atoms with van der Waals surface area (Å²) in [7, 11) is 3.30. The van der Waals surface area contributed by atoms with Gasteiger partial charge in [-0.25, -0.2) is 0 Å². The molecule has 2 aromatic carbocycles. The number of aryl methyl sites for hydroxylation is 3. The van der Waals surface area contributed by atoms with Crippen molar-refractivity contribution < 1.29 is 24.1 Å². The molecule has 5 nitrogen and oxygen atoms in total. The molecule has 1 aliphatic rings. The zero-order chi connectivity index (χ0) is 19.1. The van der Waals surface area contributed by atoms with Crippen molar-refractivity contribution in [2.24, 2.45) is 0 Å². The number of fused-ring (bicyclic) bond motifs is 1. The minimum absolute atomic E-state index is 0.228. The first-order chi connectivity index (χ1) is 13.2. The van der Waals surface area contributed by atoms with E-state index in [0.717, 1.165) is 55.1 Å². The van der Waals surface area contributed by atoms with Crippen LogP contribution in [-0.2, 0) is 19.3 Å². The highest BCUT2D eigenvalue weighted by molar-refractivity contribution is 5.49. The fourth-order valence-electron chi connectivity index (χ4n) is 3.38. The summed E-state index contributed by atoms with van der Waals surface area (Å²) in [5.74, 6) is 3.15. The van der Waals surface area contributed by atoms with Gasteiger partial charge in [0.2, 0.25) is 0 Å². The van der Waals surface area contributed by atoms with Crippen LogP contribution in [0, 0.1) is 0 Å². The summed E-state index contributed by atoms with van der Waals surface area (Å²) in [6.07, 6.45) is 4.50. The molecule has 2 aromatic rings. The number of ether oxygens (including phenoxy) is 4. The Kier molecular flexibility index (Phi) is 6.82. The molecule has 0 amide bonds. The predicted molar refractivity (Wildman–Crippen MR) is 104 cm³/mol. The van der Waals surface area contributed by atoms with E-state index in [9.17, 15) is 0 Å². The van der Waals surface area contributed by atoms with Crippen LogP contribution in [-0.4, -0.2) is 39.1 Å². The summed E-state index contributed by atoms with van der Waals surface area (Å²) in [6.45, 7) is 1.41. The summed E-state index contributed by atoms with van der Waals surface area (Å²) in [5, 5.41) is 9.08. The van der Waals surface area contributed by atoms with Crippen molar-refractivity contribution in [3.63, 3.8) is 0 Å². The van der Waals surface area contributed by atoms with E-state index < -0.39 is 0 Å². The zero-order valence-corrected chi connectivity index (χ0v) is 16.1. The topological polar surface area (TPSA) is 57.2 Å². The maximum absolute atomic E-state index is 9.08. The molecule has 0 saturated heterocycles. The minimum Gasteiger partial charge on any atom is -0.493 e. The van der Waals surface area contributed by atoms with Crippen LogP contribution in [0.1, 0.15) is 29.5 Å². The van der Waals surface area contributed by atoms with Gasteiger partial charge in [0, 0.05) is 6.61 Å². The SMILES string of the molecule is COc1ccc(CCc2cc3c(cc2CCCCO)OCCO3)cc1OC. The Morgan fingerprint density at radius 3 is 2.11 bits per heavy atom. The van der Waals surface area contributed by atoms with Gasteiger partial charge in [0.25, 0.3) is 0 Å². The first kappa shape index (κ1) is 19.4. The Hall–Kier alpha value is -2.40. The lowest BCUT2D eigenvalue weighted by atomic mass is 9.95. The third-order valence-corrected chi connectivity index (χ3v) is 4.85. The Bertz CT molecular complexity index is 757. The zero-order valence-electron chi connectivity index (χ0n) is 16.1. The molecule has 0 radical (unpaired) electrons. The van der Waals surface area contributed by atoms with Crippen LogP contribution in [0.3, 0.4) is 0 Å². The van der Waals surface area contributed by atoms with Gasteiger partial charge in [-0.15, -0.1) is 0 Å². The number of hydrogen-bond donors (Lipinski definition) is 1. The van der Waals surface area contributed by atoms with Crippen molar-refractivity contribution in [1.29, 1.82) is 0 Å². The van der Waals surface area contributed by atoms with Gasteiger partial charge in [-0.05, 0) is 73.1 Å². The minimum atomic E-state index is 0.228. The van der Waals surface area contributed by atoms with E-state index in [4.69, 9.17) is 24.1 Å². The van der Waals surface area contributed by atoms with Crippen LogP contribution in [0.4, 0.5) is 0 Å². The van der Waals surface area contributed by atoms with Crippen molar-refractivity contribution in [3.8, 4) is 23.0 Å².